The van der Waals surface area contributed by atoms with Crippen molar-refractivity contribution in [2.45, 2.75) is 13.0 Å². The molecule has 1 heterocycles. The topological polar surface area (TPSA) is 88.3 Å². The molecule has 0 saturated carbocycles. The Hall–Kier alpha value is -2.25. The van der Waals surface area contributed by atoms with Gasteiger partial charge in [0.1, 0.15) is 10.7 Å². The van der Waals surface area contributed by atoms with Crippen LogP contribution in [0.15, 0.2) is 29.6 Å². The SMILES string of the molecule is CN(C)C(=O)c1cccc(CCNC(=O)c2csc(CN)n2)c1. The summed E-state index contributed by atoms with van der Waals surface area (Å²) in [5.74, 6) is -0.242. The van der Waals surface area contributed by atoms with E-state index in [0.29, 0.717) is 30.8 Å². The van der Waals surface area contributed by atoms with E-state index in [1.807, 2.05) is 18.2 Å². The summed E-state index contributed by atoms with van der Waals surface area (Å²) in [7, 11) is 3.44. The first-order valence-electron chi connectivity index (χ1n) is 7.24. The molecule has 3 N–H and O–H groups in total. The Kier molecular flexibility index (Phi) is 5.84. The number of carbonyl (C=O) groups is 2. The number of aromatic nitrogens is 1. The summed E-state index contributed by atoms with van der Waals surface area (Å²) in [6.07, 6.45) is 0.647. The Morgan fingerprint density at radius 3 is 2.78 bits per heavy atom. The summed E-state index contributed by atoms with van der Waals surface area (Å²) in [6.45, 7) is 0.818. The third kappa shape index (κ3) is 4.61. The van der Waals surface area contributed by atoms with Crippen LogP contribution in [0.1, 0.15) is 31.4 Å². The lowest BCUT2D eigenvalue weighted by atomic mass is 10.1. The van der Waals surface area contributed by atoms with Crippen LogP contribution < -0.4 is 11.1 Å². The van der Waals surface area contributed by atoms with Crippen LogP contribution in [0.3, 0.4) is 0 Å². The summed E-state index contributed by atoms with van der Waals surface area (Å²) in [6, 6.07) is 7.42. The van der Waals surface area contributed by atoms with Crippen LogP contribution in [0.25, 0.3) is 0 Å². The van der Waals surface area contributed by atoms with Crippen LogP contribution in [0.5, 0.6) is 0 Å². The molecule has 2 amide bonds. The minimum absolute atomic E-state index is 0.0346. The predicted molar refractivity (Wildman–Crippen MR) is 90.5 cm³/mol. The maximum absolute atomic E-state index is 12.0. The van der Waals surface area contributed by atoms with Gasteiger partial charge >= 0.3 is 0 Å². The minimum Gasteiger partial charge on any atom is -0.350 e. The van der Waals surface area contributed by atoms with Crippen LogP contribution in [-0.4, -0.2) is 42.3 Å². The molecule has 0 aliphatic carbocycles. The van der Waals surface area contributed by atoms with Gasteiger partial charge in [0.2, 0.25) is 0 Å². The van der Waals surface area contributed by atoms with E-state index in [0.717, 1.165) is 10.6 Å². The van der Waals surface area contributed by atoms with Crippen LogP contribution in [0.2, 0.25) is 0 Å². The summed E-state index contributed by atoms with van der Waals surface area (Å²) < 4.78 is 0. The van der Waals surface area contributed by atoms with E-state index < -0.39 is 0 Å². The molecule has 0 spiro atoms. The lowest BCUT2D eigenvalue weighted by Crippen LogP contribution is -2.26. The van der Waals surface area contributed by atoms with Gasteiger partial charge < -0.3 is 16.0 Å². The van der Waals surface area contributed by atoms with Crippen LogP contribution in [0.4, 0.5) is 0 Å². The number of carbonyl (C=O) groups excluding carboxylic acids is 2. The van der Waals surface area contributed by atoms with E-state index in [-0.39, 0.29) is 11.8 Å². The largest absolute Gasteiger partial charge is 0.350 e. The van der Waals surface area contributed by atoms with E-state index in [2.05, 4.69) is 10.3 Å². The number of nitrogens with zero attached hydrogens (tertiary/aromatic N) is 2. The van der Waals surface area contributed by atoms with Crippen molar-refractivity contribution in [3.05, 3.63) is 51.5 Å². The normalized spacial score (nSPS) is 10.4. The van der Waals surface area contributed by atoms with Crippen molar-refractivity contribution < 1.29 is 9.59 Å². The number of nitrogens with one attached hydrogen (secondary N) is 1. The Labute approximate surface area is 139 Å². The Morgan fingerprint density at radius 1 is 1.35 bits per heavy atom. The highest BCUT2D eigenvalue weighted by atomic mass is 32.1. The Bertz CT molecular complexity index is 697. The maximum atomic E-state index is 12.0. The molecule has 0 aliphatic rings. The molecule has 6 nitrogen and oxygen atoms in total. The van der Waals surface area contributed by atoms with Gasteiger partial charge in [-0.1, -0.05) is 12.1 Å². The van der Waals surface area contributed by atoms with Crippen molar-refractivity contribution in [1.82, 2.24) is 15.2 Å². The molecule has 2 rings (SSSR count). The van der Waals surface area contributed by atoms with E-state index in [1.165, 1.54) is 16.2 Å². The smallest absolute Gasteiger partial charge is 0.270 e. The maximum Gasteiger partial charge on any atom is 0.270 e. The van der Waals surface area contributed by atoms with Gasteiger partial charge in [0, 0.05) is 38.1 Å². The lowest BCUT2D eigenvalue weighted by molar-refractivity contribution is 0.0827. The zero-order valence-electron chi connectivity index (χ0n) is 13.2. The van der Waals surface area contributed by atoms with Gasteiger partial charge in [-0.3, -0.25) is 9.59 Å². The highest BCUT2D eigenvalue weighted by Crippen LogP contribution is 2.09. The second-order valence-corrected chi connectivity index (χ2v) is 6.18. The molecule has 0 atom stereocenters. The van der Waals surface area contributed by atoms with E-state index >= 15 is 0 Å². The van der Waals surface area contributed by atoms with E-state index in [4.69, 9.17) is 5.73 Å². The predicted octanol–water partition coefficient (Wildman–Crippen LogP) is 1.28. The average molecular weight is 332 g/mol. The van der Waals surface area contributed by atoms with E-state index in [9.17, 15) is 9.59 Å². The fourth-order valence-electron chi connectivity index (χ4n) is 2.04. The first-order valence-corrected chi connectivity index (χ1v) is 8.12. The van der Waals surface area contributed by atoms with Crippen molar-refractivity contribution in [3.63, 3.8) is 0 Å². The third-order valence-corrected chi connectivity index (χ3v) is 4.11. The molecule has 0 saturated heterocycles. The third-order valence-electron chi connectivity index (χ3n) is 3.24. The average Bonchev–Trinajstić information content (AvgIpc) is 3.03. The van der Waals surface area contributed by atoms with Gasteiger partial charge in [-0.05, 0) is 24.1 Å². The molecular formula is C16H20N4O2S. The van der Waals surface area contributed by atoms with Crippen molar-refractivity contribution in [3.8, 4) is 0 Å². The van der Waals surface area contributed by atoms with Crippen molar-refractivity contribution in [1.29, 1.82) is 0 Å². The lowest BCUT2D eigenvalue weighted by Gasteiger charge is -2.11. The second-order valence-electron chi connectivity index (χ2n) is 5.24. The number of rotatable bonds is 6. The zero-order chi connectivity index (χ0) is 16.8. The van der Waals surface area contributed by atoms with E-state index in [1.54, 1.807) is 25.5 Å². The Balaban J connectivity index is 1.90. The molecule has 122 valence electrons. The summed E-state index contributed by atoms with van der Waals surface area (Å²) in [4.78, 5) is 29.6. The van der Waals surface area contributed by atoms with Gasteiger partial charge in [-0.2, -0.15) is 0 Å². The molecule has 7 heteroatoms. The molecule has 0 fully saturated rings. The second kappa shape index (κ2) is 7.85. The molecule has 1 aromatic carbocycles. The van der Waals surface area contributed by atoms with Gasteiger partial charge in [-0.25, -0.2) is 4.98 Å². The first kappa shape index (κ1) is 17.1. The standard InChI is InChI=1S/C16H20N4O2S/c1-20(2)16(22)12-5-3-4-11(8-12)6-7-18-15(21)13-10-23-14(9-17)19-13/h3-5,8,10H,6-7,9,17H2,1-2H3,(H,18,21). The van der Waals surface area contributed by atoms with Gasteiger partial charge in [0.25, 0.3) is 11.8 Å². The number of hydrogen-bond acceptors (Lipinski definition) is 5. The van der Waals surface area contributed by atoms with Crippen molar-refractivity contribution in [2.75, 3.05) is 20.6 Å². The zero-order valence-corrected chi connectivity index (χ0v) is 14.0. The van der Waals surface area contributed by atoms with Crippen LogP contribution in [0, 0.1) is 0 Å². The Morgan fingerprint density at radius 2 is 2.13 bits per heavy atom. The molecule has 0 radical (unpaired) electrons. The highest BCUT2D eigenvalue weighted by molar-refractivity contribution is 7.09. The van der Waals surface area contributed by atoms with Gasteiger partial charge in [-0.15, -0.1) is 11.3 Å². The fourth-order valence-corrected chi connectivity index (χ4v) is 2.69. The first-order chi connectivity index (χ1) is 11.0. The quantitative estimate of drug-likeness (QED) is 0.834. The number of amides is 2. The molecule has 0 aliphatic heterocycles. The van der Waals surface area contributed by atoms with Crippen molar-refractivity contribution >= 4 is 23.2 Å². The van der Waals surface area contributed by atoms with Gasteiger partial charge in [0.05, 0.1) is 0 Å². The molecular weight excluding hydrogens is 312 g/mol. The molecule has 0 unspecified atom stereocenters. The minimum atomic E-state index is -0.207. The summed E-state index contributed by atoms with van der Waals surface area (Å²) >= 11 is 1.38. The fraction of sp³-hybridized carbons (Fsp3) is 0.312. The monoisotopic (exact) mass is 332 g/mol. The molecule has 1 aromatic heterocycles. The van der Waals surface area contributed by atoms with Gasteiger partial charge in [0.15, 0.2) is 0 Å². The highest BCUT2D eigenvalue weighted by Gasteiger charge is 2.10. The summed E-state index contributed by atoms with van der Waals surface area (Å²) in [5, 5.41) is 5.27. The number of hydrogen-bond donors (Lipinski definition) is 2. The van der Waals surface area contributed by atoms with Crippen molar-refractivity contribution in [2.24, 2.45) is 5.73 Å². The molecule has 23 heavy (non-hydrogen) atoms. The molecule has 2 aromatic rings. The summed E-state index contributed by atoms with van der Waals surface area (Å²) in [5.41, 5.74) is 7.52. The number of nitrogens with two attached hydrogens (primary N) is 1. The number of thiazole rings is 1. The van der Waals surface area contributed by atoms with Crippen LogP contribution in [-0.2, 0) is 13.0 Å². The number of benzene rings is 1. The van der Waals surface area contributed by atoms with Crippen LogP contribution >= 0.6 is 11.3 Å². The molecule has 0 bridgehead atoms.